The zero-order valence-corrected chi connectivity index (χ0v) is 10.4. The zero-order valence-electron chi connectivity index (χ0n) is 7.98. The minimum atomic E-state index is 0.168. The Balaban J connectivity index is 2.32. The normalized spacial score (nSPS) is 10.1. The van der Waals surface area contributed by atoms with Crippen LogP contribution in [0.3, 0.4) is 0 Å². The molecule has 0 radical (unpaired) electrons. The summed E-state index contributed by atoms with van der Waals surface area (Å²) in [5.41, 5.74) is 6.18. The first-order valence-corrected chi connectivity index (χ1v) is 5.92. The van der Waals surface area contributed by atoms with E-state index in [2.05, 4.69) is 15.5 Å². The average molecular weight is 271 g/mol. The third kappa shape index (κ3) is 2.46. The molecule has 0 unspecified atom stereocenters. The maximum Gasteiger partial charge on any atom is 0.212 e. The highest BCUT2D eigenvalue weighted by atomic mass is 35.5. The van der Waals surface area contributed by atoms with Crippen molar-refractivity contribution in [3.63, 3.8) is 0 Å². The Hall–Kier alpha value is -1.24. The number of thiocarbonyl (C=S) groups is 1. The molecule has 0 atom stereocenters. The summed E-state index contributed by atoms with van der Waals surface area (Å²) in [6, 6.07) is 7.44. The lowest BCUT2D eigenvalue weighted by molar-refractivity contribution is 1.10. The van der Waals surface area contributed by atoms with Crippen molar-refractivity contribution in [1.29, 1.82) is 0 Å². The summed E-state index contributed by atoms with van der Waals surface area (Å²) in [6.07, 6.45) is 0. The van der Waals surface area contributed by atoms with Gasteiger partial charge in [0.25, 0.3) is 0 Å². The lowest BCUT2D eigenvalue weighted by atomic mass is 10.2. The van der Waals surface area contributed by atoms with Gasteiger partial charge in [0, 0.05) is 5.56 Å². The number of aromatic nitrogens is 2. The van der Waals surface area contributed by atoms with E-state index in [9.17, 15) is 0 Å². The molecule has 3 N–H and O–H groups in total. The van der Waals surface area contributed by atoms with Crippen molar-refractivity contribution in [2.45, 2.75) is 0 Å². The number of nitrogens with two attached hydrogens (primary N) is 1. The van der Waals surface area contributed by atoms with Gasteiger partial charge in [0.15, 0.2) is 10.1 Å². The fraction of sp³-hybridized carbons (Fsp3) is 0. The molecule has 0 fully saturated rings. The monoisotopic (exact) mass is 270 g/mol. The van der Waals surface area contributed by atoms with Crippen LogP contribution in [0.2, 0.25) is 5.02 Å². The standard InChI is InChI=1S/C9H7ClN4S2/c10-6-4-2-1-3-5(6)7-13-14-9(16-7)12-8(11)15/h1-4H,(H3,11,12,14,15). The molecule has 0 saturated carbocycles. The highest BCUT2D eigenvalue weighted by Gasteiger charge is 2.09. The van der Waals surface area contributed by atoms with Gasteiger partial charge in [0.05, 0.1) is 5.02 Å². The van der Waals surface area contributed by atoms with E-state index in [0.717, 1.165) is 10.6 Å². The Morgan fingerprint density at radius 3 is 2.81 bits per heavy atom. The molecule has 82 valence electrons. The SMILES string of the molecule is NC(=S)Nc1nnc(-c2ccccc2Cl)s1. The molecule has 0 aliphatic rings. The van der Waals surface area contributed by atoms with Crippen molar-refractivity contribution in [1.82, 2.24) is 10.2 Å². The van der Waals surface area contributed by atoms with Gasteiger partial charge < -0.3 is 11.1 Å². The van der Waals surface area contributed by atoms with Gasteiger partial charge in [-0.15, -0.1) is 10.2 Å². The molecule has 2 aromatic rings. The Labute approximate surface area is 106 Å². The molecule has 0 saturated heterocycles. The van der Waals surface area contributed by atoms with E-state index in [-0.39, 0.29) is 5.11 Å². The van der Waals surface area contributed by atoms with Gasteiger partial charge in [-0.1, -0.05) is 41.1 Å². The highest BCUT2D eigenvalue weighted by molar-refractivity contribution is 7.80. The van der Waals surface area contributed by atoms with E-state index >= 15 is 0 Å². The van der Waals surface area contributed by atoms with Gasteiger partial charge >= 0.3 is 0 Å². The predicted octanol–water partition coefficient (Wildman–Crippen LogP) is 2.51. The smallest absolute Gasteiger partial charge is 0.212 e. The van der Waals surface area contributed by atoms with Crippen LogP contribution in [-0.2, 0) is 0 Å². The Morgan fingerprint density at radius 1 is 1.38 bits per heavy atom. The van der Waals surface area contributed by atoms with Crippen LogP contribution in [-0.4, -0.2) is 15.3 Å². The number of anilines is 1. The van der Waals surface area contributed by atoms with E-state index in [1.807, 2.05) is 18.2 Å². The van der Waals surface area contributed by atoms with Gasteiger partial charge in [-0.3, -0.25) is 0 Å². The van der Waals surface area contributed by atoms with E-state index in [0.29, 0.717) is 10.2 Å². The molecule has 0 spiro atoms. The molecule has 16 heavy (non-hydrogen) atoms. The zero-order chi connectivity index (χ0) is 11.5. The number of nitrogens with zero attached hydrogens (tertiary/aromatic N) is 2. The van der Waals surface area contributed by atoms with Crippen LogP contribution >= 0.6 is 35.2 Å². The molecule has 0 amide bonds. The van der Waals surface area contributed by atoms with Crippen LogP contribution in [0.4, 0.5) is 5.13 Å². The summed E-state index contributed by atoms with van der Waals surface area (Å²) in [7, 11) is 0. The van der Waals surface area contributed by atoms with E-state index in [1.165, 1.54) is 11.3 Å². The molecule has 4 nitrogen and oxygen atoms in total. The molecule has 0 aliphatic heterocycles. The van der Waals surface area contributed by atoms with Crippen molar-refractivity contribution < 1.29 is 0 Å². The number of nitrogens with one attached hydrogen (secondary N) is 1. The van der Waals surface area contributed by atoms with Gasteiger partial charge in [-0.05, 0) is 18.3 Å². The van der Waals surface area contributed by atoms with Crippen molar-refractivity contribution in [3.8, 4) is 10.6 Å². The minimum Gasteiger partial charge on any atom is -0.376 e. The third-order valence-corrected chi connectivity index (χ3v) is 3.06. The fourth-order valence-electron chi connectivity index (χ4n) is 1.12. The second-order valence-electron chi connectivity index (χ2n) is 2.88. The first-order valence-electron chi connectivity index (χ1n) is 4.31. The van der Waals surface area contributed by atoms with E-state index in [4.69, 9.17) is 29.6 Å². The van der Waals surface area contributed by atoms with Crippen LogP contribution in [0, 0.1) is 0 Å². The van der Waals surface area contributed by atoms with Gasteiger partial charge in [0.1, 0.15) is 0 Å². The van der Waals surface area contributed by atoms with Crippen LogP contribution in [0.5, 0.6) is 0 Å². The Bertz CT molecular complexity index is 526. The summed E-state index contributed by atoms with van der Waals surface area (Å²) in [5, 5.41) is 12.7. The number of hydrogen-bond donors (Lipinski definition) is 2. The topological polar surface area (TPSA) is 63.8 Å². The Kier molecular flexibility index (Phi) is 3.33. The lowest BCUT2D eigenvalue weighted by Crippen LogP contribution is -2.18. The molecule has 0 aliphatic carbocycles. The van der Waals surface area contributed by atoms with Crippen molar-refractivity contribution >= 4 is 45.4 Å². The number of benzene rings is 1. The van der Waals surface area contributed by atoms with Gasteiger partial charge in [-0.25, -0.2) is 0 Å². The molecular formula is C9H7ClN4S2. The maximum atomic E-state index is 6.04. The summed E-state index contributed by atoms with van der Waals surface area (Å²) in [4.78, 5) is 0. The summed E-state index contributed by atoms with van der Waals surface area (Å²) in [6.45, 7) is 0. The number of halogens is 1. The number of rotatable bonds is 2. The maximum absolute atomic E-state index is 6.04. The molecule has 2 rings (SSSR count). The third-order valence-electron chi connectivity index (χ3n) is 1.76. The molecular weight excluding hydrogens is 264 g/mol. The molecule has 0 bridgehead atoms. The molecule has 1 aromatic heterocycles. The predicted molar refractivity (Wildman–Crippen MR) is 70.8 cm³/mol. The van der Waals surface area contributed by atoms with Crippen LogP contribution in [0.25, 0.3) is 10.6 Å². The number of hydrogen-bond acceptors (Lipinski definition) is 4. The van der Waals surface area contributed by atoms with Gasteiger partial charge in [0.2, 0.25) is 5.13 Å². The molecule has 1 aromatic carbocycles. The first-order chi connectivity index (χ1) is 7.66. The summed E-state index contributed by atoms with van der Waals surface area (Å²) < 4.78 is 0. The van der Waals surface area contributed by atoms with E-state index < -0.39 is 0 Å². The first kappa shape index (κ1) is 11.3. The highest BCUT2D eigenvalue weighted by Crippen LogP contribution is 2.31. The van der Waals surface area contributed by atoms with Crippen LogP contribution in [0.15, 0.2) is 24.3 Å². The van der Waals surface area contributed by atoms with Crippen molar-refractivity contribution in [2.24, 2.45) is 5.73 Å². The Morgan fingerprint density at radius 2 is 2.12 bits per heavy atom. The lowest BCUT2D eigenvalue weighted by Gasteiger charge is -1.97. The second-order valence-corrected chi connectivity index (χ2v) is 4.71. The molecule has 1 heterocycles. The van der Waals surface area contributed by atoms with Crippen LogP contribution < -0.4 is 11.1 Å². The fourth-order valence-corrected chi connectivity index (χ4v) is 2.36. The second kappa shape index (κ2) is 4.73. The largest absolute Gasteiger partial charge is 0.376 e. The summed E-state index contributed by atoms with van der Waals surface area (Å²) in [5.74, 6) is 0. The van der Waals surface area contributed by atoms with Crippen molar-refractivity contribution in [3.05, 3.63) is 29.3 Å². The van der Waals surface area contributed by atoms with E-state index in [1.54, 1.807) is 6.07 Å². The van der Waals surface area contributed by atoms with Gasteiger partial charge in [-0.2, -0.15) is 0 Å². The minimum absolute atomic E-state index is 0.168. The molecule has 7 heteroatoms. The summed E-state index contributed by atoms with van der Waals surface area (Å²) >= 11 is 12.1. The van der Waals surface area contributed by atoms with Crippen LogP contribution in [0.1, 0.15) is 0 Å². The van der Waals surface area contributed by atoms with Crippen molar-refractivity contribution in [2.75, 3.05) is 5.32 Å². The average Bonchev–Trinajstić information content (AvgIpc) is 2.66. The quantitative estimate of drug-likeness (QED) is 0.821.